The first-order valence-electron chi connectivity index (χ1n) is 10.7. The topological polar surface area (TPSA) is 60.9 Å². The molecule has 30 heavy (non-hydrogen) atoms. The molecule has 0 saturated heterocycles. The summed E-state index contributed by atoms with van der Waals surface area (Å²) in [5, 5.41) is 0. The molecule has 0 unspecified atom stereocenters. The summed E-state index contributed by atoms with van der Waals surface area (Å²) in [4.78, 5) is 19.0. The Morgan fingerprint density at radius 3 is 2.63 bits per heavy atom. The largest absolute Gasteiger partial charge is 0.490 e. The van der Waals surface area contributed by atoms with Crippen molar-refractivity contribution in [3.63, 3.8) is 0 Å². The summed E-state index contributed by atoms with van der Waals surface area (Å²) in [6.07, 6.45) is 5.88. The van der Waals surface area contributed by atoms with E-state index >= 15 is 0 Å². The summed E-state index contributed by atoms with van der Waals surface area (Å²) in [5.74, 6) is 1.68. The van der Waals surface area contributed by atoms with E-state index < -0.39 is 5.60 Å². The van der Waals surface area contributed by atoms with Gasteiger partial charge in [-0.3, -0.25) is 9.69 Å². The fraction of sp³-hybridized carbons (Fsp3) is 0.500. The van der Waals surface area contributed by atoms with Crippen molar-refractivity contribution in [3.05, 3.63) is 48.2 Å². The molecule has 0 aliphatic carbocycles. The Morgan fingerprint density at radius 1 is 1.07 bits per heavy atom. The van der Waals surface area contributed by atoms with Gasteiger partial charge in [0, 0.05) is 18.3 Å². The Kier molecular flexibility index (Phi) is 7.69. The van der Waals surface area contributed by atoms with Crippen LogP contribution >= 0.6 is 0 Å². The van der Waals surface area contributed by atoms with Gasteiger partial charge in [0.25, 0.3) is 0 Å². The minimum absolute atomic E-state index is 0.214. The van der Waals surface area contributed by atoms with Gasteiger partial charge in [-0.2, -0.15) is 0 Å². The molecule has 0 N–H and O–H groups in total. The molecular formula is C24H32N2O4. The van der Waals surface area contributed by atoms with E-state index in [0.29, 0.717) is 24.8 Å². The van der Waals surface area contributed by atoms with Gasteiger partial charge < -0.3 is 14.2 Å². The van der Waals surface area contributed by atoms with Crippen molar-refractivity contribution in [2.24, 2.45) is 0 Å². The van der Waals surface area contributed by atoms with E-state index in [1.165, 1.54) is 0 Å². The maximum absolute atomic E-state index is 12.5. The lowest BCUT2D eigenvalue weighted by Crippen LogP contribution is -2.35. The summed E-state index contributed by atoms with van der Waals surface area (Å²) in [6, 6.07) is 11.5. The normalized spacial score (nSPS) is 16.2. The van der Waals surface area contributed by atoms with E-state index in [2.05, 4.69) is 9.88 Å². The van der Waals surface area contributed by atoms with Crippen molar-refractivity contribution in [1.29, 1.82) is 0 Å². The van der Waals surface area contributed by atoms with Crippen LogP contribution in [0, 0.1) is 0 Å². The number of fused-ring (bicyclic) bond motifs is 2. The second kappa shape index (κ2) is 10.4. The van der Waals surface area contributed by atoms with Crippen LogP contribution in [0.15, 0.2) is 42.6 Å². The highest BCUT2D eigenvalue weighted by Gasteiger charge is 2.21. The van der Waals surface area contributed by atoms with E-state index in [4.69, 9.17) is 14.2 Å². The van der Waals surface area contributed by atoms with Gasteiger partial charge in [0.1, 0.15) is 5.60 Å². The molecule has 0 radical (unpaired) electrons. The number of esters is 1. The maximum Gasteiger partial charge on any atom is 0.320 e. The molecule has 0 saturated carbocycles. The highest BCUT2D eigenvalue weighted by molar-refractivity contribution is 5.72. The first kappa shape index (κ1) is 22.1. The van der Waals surface area contributed by atoms with Crippen molar-refractivity contribution in [2.45, 2.75) is 58.6 Å². The second-order valence-electron chi connectivity index (χ2n) is 8.58. The third-order valence-corrected chi connectivity index (χ3v) is 4.70. The van der Waals surface area contributed by atoms with Crippen LogP contribution in [0.2, 0.25) is 0 Å². The number of ether oxygens (including phenoxy) is 3. The Hall–Kier alpha value is -2.60. The molecule has 3 rings (SSSR count). The lowest BCUT2D eigenvalue weighted by Gasteiger charge is -2.25. The molecule has 0 bridgehead atoms. The van der Waals surface area contributed by atoms with Crippen LogP contribution in [0.4, 0.5) is 0 Å². The van der Waals surface area contributed by atoms with Crippen LogP contribution in [0.1, 0.15) is 52.0 Å². The molecule has 162 valence electrons. The fourth-order valence-corrected chi connectivity index (χ4v) is 3.38. The molecule has 6 nitrogen and oxygen atoms in total. The molecule has 2 aromatic rings. The van der Waals surface area contributed by atoms with Crippen LogP contribution in [0.3, 0.4) is 0 Å². The predicted octanol–water partition coefficient (Wildman–Crippen LogP) is 4.97. The van der Waals surface area contributed by atoms with Crippen molar-refractivity contribution in [2.75, 3.05) is 19.7 Å². The van der Waals surface area contributed by atoms with Crippen LogP contribution in [0.25, 0.3) is 0 Å². The molecular weight excluding hydrogens is 380 g/mol. The summed E-state index contributed by atoms with van der Waals surface area (Å²) < 4.78 is 17.6. The summed E-state index contributed by atoms with van der Waals surface area (Å²) >= 11 is 0. The summed E-state index contributed by atoms with van der Waals surface area (Å²) in [6.45, 7) is 7.93. The number of hydrogen-bond acceptors (Lipinski definition) is 6. The monoisotopic (exact) mass is 412 g/mol. The van der Waals surface area contributed by atoms with Gasteiger partial charge in [0.05, 0.1) is 13.2 Å². The fourth-order valence-electron chi connectivity index (χ4n) is 3.38. The SMILES string of the molecule is CC(C)(C)OC(=O)CN1CCCCCCOc2ccccc2Oc2ncccc2C1. The molecule has 1 aromatic carbocycles. The van der Waals surface area contributed by atoms with Gasteiger partial charge in [-0.1, -0.05) is 31.0 Å². The van der Waals surface area contributed by atoms with Crippen molar-refractivity contribution >= 4 is 5.97 Å². The number of aromatic nitrogens is 1. The van der Waals surface area contributed by atoms with E-state index in [9.17, 15) is 4.79 Å². The highest BCUT2D eigenvalue weighted by Crippen LogP contribution is 2.32. The lowest BCUT2D eigenvalue weighted by atomic mass is 10.1. The van der Waals surface area contributed by atoms with E-state index in [-0.39, 0.29) is 12.5 Å². The lowest BCUT2D eigenvalue weighted by molar-refractivity contribution is -0.156. The standard InChI is InChI=1S/C24H32N2O4/c1-24(2,3)30-22(27)18-26-15-8-4-5-9-16-28-20-12-6-7-13-21(20)29-23-19(17-26)11-10-14-25-23/h6-7,10-14H,4-5,8-9,15-18H2,1-3H3. The van der Waals surface area contributed by atoms with Crippen molar-refractivity contribution < 1.29 is 19.0 Å². The molecule has 1 aliphatic heterocycles. The van der Waals surface area contributed by atoms with Crippen LogP contribution in [-0.2, 0) is 16.1 Å². The Balaban J connectivity index is 1.82. The zero-order chi connectivity index (χ0) is 21.4. The summed E-state index contributed by atoms with van der Waals surface area (Å²) in [5.41, 5.74) is 0.430. The molecule has 6 heteroatoms. The minimum Gasteiger partial charge on any atom is -0.490 e. The highest BCUT2D eigenvalue weighted by atomic mass is 16.6. The molecule has 0 fully saturated rings. The smallest absolute Gasteiger partial charge is 0.320 e. The zero-order valence-corrected chi connectivity index (χ0v) is 18.2. The average molecular weight is 413 g/mol. The van der Waals surface area contributed by atoms with Crippen molar-refractivity contribution in [1.82, 2.24) is 9.88 Å². The molecule has 1 aromatic heterocycles. The molecule has 0 spiro atoms. The number of carbonyl (C=O) groups is 1. The molecule has 0 amide bonds. The number of benzene rings is 1. The predicted molar refractivity (Wildman–Crippen MR) is 116 cm³/mol. The third kappa shape index (κ3) is 7.02. The summed E-state index contributed by atoms with van der Waals surface area (Å²) in [7, 11) is 0. The van der Waals surface area contributed by atoms with Gasteiger partial charge >= 0.3 is 5.97 Å². The number of carbonyl (C=O) groups excluding carboxylic acids is 1. The first-order chi connectivity index (χ1) is 14.4. The van der Waals surface area contributed by atoms with Crippen molar-refractivity contribution in [3.8, 4) is 17.4 Å². The van der Waals surface area contributed by atoms with Gasteiger partial charge in [-0.25, -0.2) is 4.98 Å². The number of para-hydroxylation sites is 2. The number of nitrogens with zero attached hydrogens (tertiary/aromatic N) is 2. The van der Waals surface area contributed by atoms with Gasteiger partial charge in [-0.05, 0) is 58.4 Å². The average Bonchev–Trinajstić information content (AvgIpc) is 2.68. The Bertz CT molecular complexity index is 832. The first-order valence-corrected chi connectivity index (χ1v) is 10.7. The van der Waals surface area contributed by atoms with Gasteiger partial charge in [0.2, 0.25) is 5.88 Å². The molecule has 1 aliphatic rings. The molecule has 0 atom stereocenters. The van der Waals surface area contributed by atoms with Gasteiger partial charge in [0.15, 0.2) is 11.5 Å². The minimum atomic E-state index is -0.494. The van der Waals surface area contributed by atoms with E-state index in [1.807, 2.05) is 57.2 Å². The van der Waals surface area contributed by atoms with Crippen LogP contribution in [0.5, 0.6) is 17.4 Å². The van der Waals surface area contributed by atoms with E-state index in [0.717, 1.165) is 43.5 Å². The zero-order valence-electron chi connectivity index (χ0n) is 18.2. The maximum atomic E-state index is 12.5. The van der Waals surface area contributed by atoms with Crippen LogP contribution in [-0.4, -0.2) is 41.2 Å². The molecule has 2 heterocycles. The number of rotatable bonds is 2. The number of hydrogen-bond donors (Lipinski definition) is 0. The number of pyridine rings is 1. The second-order valence-corrected chi connectivity index (χ2v) is 8.58. The Morgan fingerprint density at radius 2 is 1.83 bits per heavy atom. The Labute approximate surface area is 179 Å². The van der Waals surface area contributed by atoms with Gasteiger partial charge in [-0.15, -0.1) is 0 Å². The van der Waals surface area contributed by atoms with E-state index in [1.54, 1.807) is 6.20 Å². The third-order valence-electron chi connectivity index (χ3n) is 4.70. The van der Waals surface area contributed by atoms with Crippen LogP contribution < -0.4 is 9.47 Å². The quantitative estimate of drug-likeness (QED) is 0.649.